The molecule has 12 nitrogen and oxygen atoms in total. The topological polar surface area (TPSA) is 126 Å². The van der Waals surface area contributed by atoms with E-state index in [2.05, 4.69) is 14.6 Å². The highest BCUT2D eigenvalue weighted by atomic mass is 35.5. The second-order valence-corrected chi connectivity index (χ2v) is 14.8. The van der Waals surface area contributed by atoms with E-state index in [4.69, 9.17) is 21.1 Å². The lowest BCUT2D eigenvalue weighted by Crippen LogP contribution is -2.50. The van der Waals surface area contributed by atoms with Crippen molar-refractivity contribution in [2.45, 2.75) is 39.0 Å². The highest BCUT2D eigenvalue weighted by molar-refractivity contribution is 7.90. The third-order valence-electron chi connectivity index (χ3n) is 8.10. The molecule has 0 saturated carbocycles. The van der Waals surface area contributed by atoms with Gasteiger partial charge in [0.15, 0.2) is 11.6 Å². The molecule has 6 rings (SSSR count). The molecule has 3 aromatic carbocycles. The van der Waals surface area contributed by atoms with E-state index >= 15 is 0 Å². The van der Waals surface area contributed by atoms with Gasteiger partial charge in [-0.05, 0) is 81.8 Å². The third-order valence-corrected chi connectivity index (χ3v) is 9.96. The summed E-state index contributed by atoms with van der Waals surface area (Å²) in [7, 11) is -4.15. The molecule has 1 aromatic heterocycles. The van der Waals surface area contributed by atoms with E-state index in [-0.39, 0.29) is 47.4 Å². The summed E-state index contributed by atoms with van der Waals surface area (Å²) in [5.41, 5.74) is 0.748. The van der Waals surface area contributed by atoms with Gasteiger partial charge >= 0.3 is 16.3 Å². The van der Waals surface area contributed by atoms with Crippen molar-refractivity contribution in [3.05, 3.63) is 82.1 Å². The Kier molecular flexibility index (Phi) is 9.44. The summed E-state index contributed by atoms with van der Waals surface area (Å²) in [5.74, 6) is -1.27. The van der Waals surface area contributed by atoms with Crippen LogP contribution in [0.5, 0.6) is 11.5 Å². The summed E-state index contributed by atoms with van der Waals surface area (Å²) in [4.78, 5) is 34.3. The Bertz CT molecular complexity index is 2050. The van der Waals surface area contributed by atoms with Crippen LogP contribution >= 0.6 is 11.6 Å². The number of nitrogens with zero attached hydrogens (tertiary/aromatic N) is 5. The van der Waals surface area contributed by atoms with Gasteiger partial charge in [-0.2, -0.15) is 12.7 Å². The first-order valence-electron chi connectivity index (χ1n) is 15.6. The maximum absolute atomic E-state index is 14.9. The first-order chi connectivity index (χ1) is 23.2. The van der Waals surface area contributed by atoms with Crippen LogP contribution in [0.1, 0.15) is 27.2 Å². The number of piperazine rings is 1. The number of rotatable bonds is 7. The van der Waals surface area contributed by atoms with Gasteiger partial charge in [0, 0.05) is 45.0 Å². The molecule has 49 heavy (non-hydrogen) atoms. The standard InChI is InChI=1S/C33H35ClF2N6O6S/c1-33(2,3)48-32(44)40-16-14-39(15-17-40)22-4-6-23(7-5-22)42-20-37-27-10-8-24(18-25(27)31(42)43)47-30-26(36)9-11-28(29(30)34)38-49(45,46)41-13-12-21(35)19-41/h4-11,18,20-21,38H,12-17,19H2,1-3H3/t21-/m1/s1. The highest BCUT2D eigenvalue weighted by Crippen LogP contribution is 2.39. The summed E-state index contributed by atoms with van der Waals surface area (Å²) < 4.78 is 69.8. The SMILES string of the molecule is CC(C)(C)OC(=O)N1CCN(c2ccc(-n3cnc4ccc(Oc5c(F)ccc(NS(=O)(=O)N6CC[C@@H](F)C6)c5Cl)cc4c3=O)cc2)CC1. The zero-order valence-electron chi connectivity index (χ0n) is 27.0. The van der Waals surface area contributed by atoms with Crippen LogP contribution in [-0.2, 0) is 14.9 Å². The van der Waals surface area contributed by atoms with E-state index in [0.29, 0.717) is 37.4 Å². The normalized spacial score (nSPS) is 17.4. The van der Waals surface area contributed by atoms with Gasteiger partial charge < -0.3 is 19.3 Å². The van der Waals surface area contributed by atoms with Crippen molar-refractivity contribution >= 4 is 50.2 Å². The summed E-state index contributed by atoms with van der Waals surface area (Å²) >= 11 is 6.38. The lowest BCUT2D eigenvalue weighted by Gasteiger charge is -2.36. The molecule has 3 heterocycles. The summed E-state index contributed by atoms with van der Waals surface area (Å²) in [6.45, 7) is 7.49. The molecule has 0 spiro atoms. The summed E-state index contributed by atoms with van der Waals surface area (Å²) in [5, 5.41) is -0.167. The van der Waals surface area contributed by atoms with Crippen LogP contribution in [0.25, 0.3) is 16.6 Å². The molecular formula is C33H35ClF2N6O6S. The number of carbonyl (C=O) groups excluding carboxylic acids is 1. The lowest BCUT2D eigenvalue weighted by molar-refractivity contribution is 0.0240. The molecule has 1 atom stereocenters. The van der Waals surface area contributed by atoms with Crippen molar-refractivity contribution in [2.24, 2.45) is 0 Å². The van der Waals surface area contributed by atoms with Crippen LogP contribution in [0.4, 0.5) is 25.0 Å². The van der Waals surface area contributed by atoms with Crippen LogP contribution in [0.15, 0.2) is 65.7 Å². The molecule has 2 aliphatic heterocycles. The van der Waals surface area contributed by atoms with Gasteiger partial charge in [-0.25, -0.2) is 18.6 Å². The van der Waals surface area contributed by atoms with E-state index in [9.17, 15) is 26.8 Å². The van der Waals surface area contributed by atoms with Crippen molar-refractivity contribution in [1.82, 2.24) is 18.8 Å². The Morgan fingerprint density at radius 1 is 1.00 bits per heavy atom. The molecular weight excluding hydrogens is 682 g/mol. The number of hydrogen-bond acceptors (Lipinski definition) is 8. The molecule has 2 saturated heterocycles. The van der Waals surface area contributed by atoms with Gasteiger partial charge in [-0.1, -0.05) is 11.6 Å². The fourth-order valence-electron chi connectivity index (χ4n) is 5.58. The maximum atomic E-state index is 14.9. The molecule has 260 valence electrons. The molecule has 0 bridgehead atoms. The second-order valence-electron chi connectivity index (χ2n) is 12.8. The number of benzene rings is 3. The molecule has 16 heteroatoms. The number of amides is 1. The number of nitrogens with one attached hydrogen (secondary N) is 1. The molecule has 2 aliphatic rings. The summed E-state index contributed by atoms with van der Waals surface area (Å²) in [6, 6.07) is 13.9. The average Bonchev–Trinajstić information content (AvgIpc) is 3.51. The number of halogens is 3. The van der Waals surface area contributed by atoms with Crippen molar-refractivity contribution in [1.29, 1.82) is 0 Å². The molecule has 0 radical (unpaired) electrons. The second kappa shape index (κ2) is 13.4. The highest BCUT2D eigenvalue weighted by Gasteiger charge is 2.32. The lowest BCUT2D eigenvalue weighted by atomic mass is 10.2. The molecule has 1 amide bonds. The number of aromatic nitrogens is 2. The van der Waals surface area contributed by atoms with E-state index < -0.39 is 39.1 Å². The first-order valence-corrected chi connectivity index (χ1v) is 17.4. The van der Waals surface area contributed by atoms with Crippen molar-refractivity contribution in [3.8, 4) is 17.2 Å². The van der Waals surface area contributed by atoms with E-state index in [0.717, 1.165) is 22.1 Å². The van der Waals surface area contributed by atoms with Crippen LogP contribution in [0.3, 0.4) is 0 Å². The fourth-order valence-corrected chi connectivity index (χ4v) is 7.15. The van der Waals surface area contributed by atoms with Crippen LogP contribution in [0, 0.1) is 5.82 Å². The van der Waals surface area contributed by atoms with Crippen LogP contribution in [0.2, 0.25) is 5.02 Å². The zero-order valence-corrected chi connectivity index (χ0v) is 28.6. The number of ether oxygens (including phenoxy) is 2. The third kappa shape index (κ3) is 7.58. The van der Waals surface area contributed by atoms with Crippen molar-refractivity contribution in [3.63, 3.8) is 0 Å². The average molecular weight is 717 g/mol. The van der Waals surface area contributed by atoms with Gasteiger partial charge in [0.2, 0.25) is 0 Å². The molecule has 4 aromatic rings. The number of carbonyl (C=O) groups is 1. The Morgan fingerprint density at radius 2 is 1.69 bits per heavy atom. The van der Waals surface area contributed by atoms with Crippen molar-refractivity contribution < 1.29 is 31.5 Å². The Morgan fingerprint density at radius 3 is 2.35 bits per heavy atom. The molecule has 0 unspecified atom stereocenters. The minimum atomic E-state index is -4.15. The van der Waals surface area contributed by atoms with Gasteiger partial charge in [0.25, 0.3) is 5.56 Å². The number of fused-ring (bicyclic) bond motifs is 1. The largest absolute Gasteiger partial charge is 0.453 e. The minimum Gasteiger partial charge on any atom is -0.453 e. The van der Waals surface area contributed by atoms with Gasteiger partial charge in [-0.15, -0.1) is 0 Å². The predicted molar refractivity (Wildman–Crippen MR) is 182 cm³/mol. The fraction of sp³-hybridized carbons (Fsp3) is 0.364. The predicted octanol–water partition coefficient (Wildman–Crippen LogP) is 5.73. The number of alkyl halides is 1. The van der Waals surface area contributed by atoms with Gasteiger partial charge in [-0.3, -0.25) is 14.1 Å². The Hall–Kier alpha value is -4.47. The Labute approximate surface area is 287 Å². The number of anilines is 2. The smallest absolute Gasteiger partial charge is 0.410 e. The van der Waals surface area contributed by atoms with Crippen LogP contribution < -0.4 is 19.9 Å². The minimum absolute atomic E-state index is 0.000149. The maximum Gasteiger partial charge on any atom is 0.410 e. The van der Waals surface area contributed by atoms with E-state index in [1.54, 1.807) is 17.0 Å². The van der Waals surface area contributed by atoms with Crippen molar-refractivity contribution in [2.75, 3.05) is 48.9 Å². The zero-order chi connectivity index (χ0) is 35.1. The molecule has 2 fully saturated rings. The Balaban J connectivity index is 1.18. The molecule has 1 N–H and O–H groups in total. The van der Waals surface area contributed by atoms with E-state index in [1.165, 1.54) is 29.1 Å². The number of hydrogen-bond donors (Lipinski definition) is 1. The monoisotopic (exact) mass is 716 g/mol. The van der Waals surface area contributed by atoms with Gasteiger partial charge in [0.1, 0.15) is 28.9 Å². The quantitative estimate of drug-likeness (QED) is 0.257. The van der Waals surface area contributed by atoms with Gasteiger partial charge in [0.05, 0.1) is 22.3 Å². The molecule has 0 aliphatic carbocycles. The summed E-state index contributed by atoms with van der Waals surface area (Å²) in [6.07, 6.45) is -0.116. The first kappa shape index (κ1) is 34.4. The van der Waals surface area contributed by atoms with E-state index in [1.807, 2.05) is 32.9 Å². The van der Waals surface area contributed by atoms with Crippen LogP contribution in [-0.4, -0.2) is 84.3 Å².